The highest BCUT2D eigenvalue weighted by Crippen LogP contribution is 2.28. The van der Waals surface area contributed by atoms with Crippen LogP contribution in [0.4, 0.5) is 0 Å². The van der Waals surface area contributed by atoms with Crippen molar-refractivity contribution in [2.24, 2.45) is 0 Å². The van der Waals surface area contributed by atoms with Crippen LogP contribution in [0.15, 0.2) is 57.7 Å². The Balaban J connectivity index is 1.78. The zero-order valence-corrected chi connectivity index (χ0v) is 13.1. The summed E-state index contributed by atoms with van der Waals surface area (Å²) in [5.41, 5.74) is 5.29. The van der Waals surface area contributed by atoms with Gasteiger partial charge < -0.3 is 9.73 Å². The van der Waals surface area contributed by atoms with Crippen LogP contribution in [0.2, 0.25) is 0 Å². The van der Waals surface area contributed by atoms with Gasteiger partial charge in [-0.05, 0) is 54.6 Å². The van der Waals surface area contributed by atoms with Gasteiger partial charge in [0.1, 0.15) is 5.58 Å². The number of benzene rings is 2. The summed E-state index contributed by atoms with van der Waals surface area (Å²) in [4.78, 5) is 11.9. The fourth-order valence-electron chi connectivity index (χ4n) is 3.50. The topological polar surface area (TPSA) is 42.2 Å². The molecule has 2 heterocycles. The number of hydrogen-bond acceptors (Lipinski definition) is 3. The number of aryl methyl sites for hydroxylation is 1. The predicted octanol–water partition coefficient (Wildman–Crippen LogP) is 3.53. The van der Waals surface area contributed by atoms with E-state index in [1.54, 1.807) is 6.07 Å². The van der Waals surface area contributed by atoms with E-state index >= 15 is 0 Å². The van der Waals surface area contributed by atoms with Crippen molar-refractivity contribution >= 4 is 11.0 Å². The molecular formula is C20H19NO2. The average Bonchev–Trinajstić information content (AvgIpc) is 2.54. The molecule has 1 atom stereocenters. The molecule has 3 nitrogen and oxygen atoms in total. The summed E-state index contributed by atoms with van der Waals surface area (Å²) in [7, 11) is 0. The standard InChI is InChI=1S/C20H19NO2/c1-13-6-7-17-15(12-20(22)23-19(17)10-13)11-18-16-5-3-2-4-14(16)8-9-21-18/h2-7,10,12,18,21H,8-9,11H2,1H3. The summed E-state index contributed by atoms with van der Waals surface area (Å²) in [6.45, 7) is 2.98. The van der Waals surface area contributed by atoms with Crippen LogP contribution >= 0.6 is 0 Å². The first-order valence-electron chi connectivity index (χ1n) is 8.05. The molecule has 1 aromatic heterocycles. The quantitative estimate of drug-likeness (QED) is 0.737. The molecule has 1 aliphatic rings. The van der Waals surface area contributed by atoms with Gasteiger partial charge in [-0.3, -0.25) is 0 Å². The smallest absolute Gasteiger partial charge is 0.336 e. The monoisotopic (exact) mass is 305 g/mol. The van der Waals surface area contributed by atoms with E-state index in [1.165, 1.54) is 11.1 Å². The molecule has 4 rings (SSSR count). The number of hydrogen-bond donors (Lipinski definition) is 1. The third-order valence-corrected chi connectivity index (χ3v) is 4.63. The van der Waals surface area contributed by atoms with Gasteiger partial charge >= 0.3 is 5.63 Å². The second-order valence-electron chi connectivity index (χ2n) is 6.25. The van der Waals surface area contributed by atoms with E-state index in [9.17, 15) is 4.79 Å². The zero-order chi connectivity index (χ0) is 15.8. The third-order valence-electron chi connectivity index (χ3n) is 4.63. The molecule has 0 bridgehead atoms. The Morgan fingerprint density at radius 2 is 2.04 bits per heavy atom. The summed E-state index contributed by atoms with van der Waals surface area (Å²) in [5, 5.41) is 4.61. The second-order valence-corrected chi connectivity index (χ2v) is 6.25. The van der Waals surface area contributed by atoms with Gasteiger partial charge in [0, 0.05) is 17.5 Å². The van der Waals surface area contributed by atoms with Crippen LogP contribution in [0.5, 0.6) is 0 Å². The highest BCUT2D eigenvalue weighted by Gasteiger charge is 2.20. The molecule has 116 valence electrons. The van der Waals surface area contributed by atoms with Crippen molar-refractivity contribution in [1.29, 1.82) is 0 Å². The van der Waals surface area contributed by atoms with E-state index in [1.807, 2.05) is 13.0 Å². The molecule has 0 saturated carbocycles. The maximum Gasteiger partial charge on any atom is 0.336 e. The van der Waals surface area contributed by atoms with Gasteiger partial charge in [0.25, 0.3) is 0 Å². The van der Waals surface area contributed by atoms with Crippen molar-refractivity contribution in [2.45, 2.75) is 25.8 Å². The third kappa shape index (κ3) is 2.68. The normalized spacial score (nSPS) is 17.2. The van der Waals surface area contributed by atoms with Crippen LogP contribution in [0.25, 0.3) is 11.0 Å². The Labute approximate surface area is 135 Å². The minimum Gasteiger partial charge on any atom is -0.423 e. The Kier molecular flexibility index (Phi) is 3.50. The molecule has 23 heavy (non-hydrogen) atoms. The van der Waals surface area contributed by atoms with Crippen LogP contribution < -0.4 is 10.9 Å². The van der Waals surface area contributed by atoms with Crippen molar-refractivity contribution in [3.05, 3.63) is 81.2 Å². The summed E-state index contributed by atoms with van der Waals surface area (Å²) in [6.07, 6.45) is 1.85. The molecule has 0 saturated heterocycles. The number of rotatable bonds is 2. The molecule has 0 aliphatic carbocycles. The summed E-state index contributed by atoms with van der Waals surface area (Å²) in [5.74, 6) is 0. The minimum absolute atomic E-state index is 0.242. The summed E-state index contributed by atoms with van der Waals surface area (Å²) >= 11 is 0. The van der Waals surface area contributed by atoms with E-state index in [4.69, 9.17) is 4.42 Å². The molecular weight excluding hydrogens is 286 g/mol. The lowest BCUT2D eigenvalue weighted by Crippen LogP contribution is -2.31. The fourth-order valence-corrected chi connectivity index (χ4v) is 3.50. The highest BCUT2D eigenvalue weighted by atomic mass is 16.4. The van der Waals surface area contributed by atoms with Gasteiger partial charge in [-0.2, -0.15) is 0 Å². The first kappa shape index (κ1) is 14.2. The number of nitrogens with one attached hydrogen (secondary N) is 1. The lowest BCUT2D eigenvalue weighted by molar-refractivity contribution is 0.500. The molecule has 0 fully saturated rings. The molecule has 2 aromatic carbocycles. The first-order chi connectivity index (χ1) is 11.2. The van der Waals surface area contributed by atoms with E-state index in [0.717, 1.165) is 35.9 Å². The fraction of sp³-hybridized carbons (Fsp3) is 0.250. The van der Waals surface area contributed by atoms with Crippen LogP contribution in [-0.4, -0.2) is 6.54 Å². The van der Waals surface area contributed by atoms with Gasteiger partial charge in [-0.1, -0.05) is 36.4 Å². The molecule has 1 N–H and O–H groups in total. The molecule has 0 spiro atoms. The zero-order valence-electron chi connectivity index (χ0n) is 13.1. The predicted molar refractivity (Wildman–Crippen MR) is 91.8 cm³/mol. The van der Waals surface area contributed by atoms with E-state index in [-0.39, 0.29) is 11.7 Å². The minimum atomic E-state index is -0.276. The van der Waals surface area contributed by atoms with Crippen molar-refractivity contribution in [3.8, 4) is 0 Å². The van der Waals surface area contributed by atoms with Gasteiger partial charge in [0.15, 0.2) is 0 Å². The summed E-state index contributed by atoms with van der Waals surface area (Å²) < 4.78 is 5.37. The van der Waals surface area contributed by atoms with Crippen molar-refractivity contribution < 1.29 is 4.42 Å². The van der Waals surface area contributed by atoms with Gasteiger partial charge in [-0.15, -0.1) is 0 Å². The average molecular weight is 305 g/mol. The Morgan fingerprint density at radius 1 is 1.17 bits per heavy atom. The van der Waals surface area contributed by atoms with Crippen molar-refractivity contribution in [1.82, 2.24) is 5.32 Å². The molecule has 3 heteroatoms. The maximum absolute atomic E-state index is 11.9. The van der Waals surface area contributed by atoms with E-state index in [2.05, 4.69) is 41.7 Å². The second kappa shape index (κ2) is 5.67. The lowest BCUT2D eigenvalue weighted by Gasteiger charge is -2.27. The van der Waals surface area contributed by atoms with Crippen molar-refractivity contribution in [3.63, 3.8) is 0 Å². The Morgan fingerprint density at radius 3 is 2.96 bits per heavy atom. The largest absolute Gasteiger partial charge is 0.423 e. The van der Waals surface area contributed by atoms with Crippen LogP contribution in [0.3, 0.4) is 0 Å². The summed E-state index contributed by atoms with van der Waals surface area (Å²) in [6, 6.07) is 16.5. The van der Waals surface area contributed by atoms with E-state index in [0.29, 0.717) is 5.58 Å². The van der Waals surface area contributed by atoms with Gasteiger partial charge in [-0.25, -0.2) is 4.79 Å². The SMILES string of the molecule is Cc1ccc2c(CC3NCCc4ccccc43)cc(=O)oc2c1. The molecule has 1 aliphatic heterocycles. The Hall–Kier alpha value is -2.39. The molecule has 3 aromatic rings. The van der Waals surface area contributed by atoms with Crippen LogP contribution in [-0.2, 0) is 12.8 Å². The lowest BCUT2D eigenvalue weighted by atomic mass is 9.89. The van der Waals surface area contributed by atoms with E-state index < -0.39 is 0 Å². The number of fused-ring (bicyclic) bond motifs is 2. The van der Waals surface area contributed by atoms with Crippen LogP contribution in [0.1, 0.15) is 28.3 Å². The molecule has 1 unspecified atom stereocenters. The van der Waals surface area contributed by atoms with Crippen molar-refractivity contribution in [2.75, 3.05) is 6.54 Å². The molecule has 0 amide bonds. The highest BCUT2D eigenvalue weighted by molar-refractivity contribution is 5.80. The maximum atomic E-state index is 11.9. The van der Waals surface area contributed by atoms with Crippen LogP contribution in [0, 0.1) is 6.92 Å². The van der Waals surface area contributed by atoms with Gasteiger partial charge in [0.05, 0.1) is 0 Å². The first-order valence-corrected chi connectivity index (χ1v) is 8.05. The van der Waals surface area contributed by atoms with Gasteiger partial charge in [0.2, 0.25) is 0 Å². The Bertz CT molecular complexity index is 926. The molecule has 0 radical (unpaired) electrons.